The van der Waals surface area contributed by atoms with Crippen LogP contribution in [0, 0.1) is 0 Å². The van der Waals surface area contributed by atoms with Gasteiger partial charge in [-0.2, -0.15) is 0 Å². The Morgan fingerprint density at radius 3 is 1.56 bits per heavy atom. The molecule has 0 amide bonds. The summed E-state index contributed by atoms with van der Waals surface area (Å²) in [6.07, 6.45) is 0. The zero-order chi connectivity index (χ0) is 22.4. The number of fused-ring (bicyclic) bond motifs is 4. The van der Waals surface area contributed by atoms with Crippen LogP contribution in [0.5, 0.6) is 0 Å². The van der Waals surface area contributed by atoms with Crippen LogP contribution in [-0.4, -0.2) is 11.6 Å². The van der Waals surface area contributed by atoms with Crippen LogP contribution in [0.25, 0.3) is 10.8 Å². The van der Waals surface area contributed by atoms with E-state index in [4.69, 9.17) is 0 Å². The Bertz CT molecular complexity index is 1410. The third-order valence-electron chi connectivity index (χ3n) is 7.19. The molecule has 0 saturated heterocycles. The van der Waals surface area contributed by atoms with E-state index in [0.717, 1.165) is 42.0 Å². The van der Waals surface area contributed by atoms with E-state index < -0.39 is 5.41 Å². The fraction of sp³-hybridized carbons (Fsp3) is 0.143. The molecule has 0 aromatic heterocycles. The minimum Gasteiger partial charge on any atom is -0.292 e. The molecule has 2 aliphatic carbocycles. The molecule has 156 valence electrons. The van der Waals surface area contributed by atoms with Crippen LogP contribution in [-0.2, 0) is 10.8 Å². The number of Topliss-reactive ketones (excluding diaryl/α,β-unsaturated/α-hetero) is 2. The van der Waals surface area contributed by atoms with Crippen molar-refractivity contribution in [3.63, 3.8) is 0 Å². The van der Waals surface area contributed by atoms with Crippen molar-refractivity contribution in [2.24, 2.45) is 0 Å². The fourth-order valence-corrected chi connectivity index (χ4v) is 6.47. The number of hydrogen-bond donors (Lipinski definition) is 0. The Hall–Kier alpha value is -2.56. The minimum absolute atomic E-state index is 0.152. The van der Waals surface area contributed by atoms with E-state index in [-0.39, 0.29) is 17.0 Å². The second-order valence-electron chi connectivity index (χ2n) is 9.12. The van der Waals surface area contributed by atoms with Gasteiger partial charge >= 0.3 is 0 Å². The molecule has 2 aliphatic rings. The number of ketones is 2. The van der Waals surface area contributed by atoms with Gasteiger partial charge in [0.05, 0.1) is 0 Å². The summed E-state index contributed by atoms with van der Waals surface area (Å²) in [5, 5.41) is 1.67. The molecule has 0 N–H and O–H groups in total. The van der Waals surface area contributed by atoms with Gasteiger partial charge in [-0.3, -0.25) is 9.59 Å². The molecule has 0 radical (unpaired) electrons. The third-order valence-corrected chi connectivity index (χ3v) is 8.18. The van der Waals surface area contributed by atoms with Crippen LogP contribution >= 0.6 is 31.9 Å². The van der Waals surface area contributed by atoms with Crippen molar-refractivity contribution in [2.75, 3.05) is 0 Å². The van der Waals surface area contributed by atoms with Crippen molar-refractivity contribution < 1.29 is 9.59 Å². The molecule has 32 heavy (non-hydrogen) atoms. The van der Waals surface area contributed by atoms with E-state index in [2.05, 4.69) is 45.7 Å². The monoisotopic (exact) mass is 544 g/mol. The summed E-state index contributed by atoms with van der Waals surface area (Å²) in [6.45, 7) is 4.32. The summed E-state index contributed by atoms with van der Waals surface area (Å²) >= 11 is 7.20. The zero-order valence-corrected chi connectivity index (χ0v) is 20.7. The molecule has 4 aromatic rings. The van der Waals surface area contributed by atoms with Crippen molar-refractivity contribution in [1.82, 2.24) is 0 Å². The Morgan fingerprint density at radius 1 is 0.625 bits per heavy atom. The molecule has 2 nitrogen and oxygen atoms in total. The van der Waals surface area contributed by atoms with Gasteiger partial charge in [0.25, 0.3) is 0 Å². The molecule has 0 fully saturated rings. The summed E-state index contributed by atoms with van der Waals surface area (Å²) in [4.78, 5) is 29.0. The smallest absolute Gasteiger partial charge is 0.186 e. The topological polar surface area (TPSA) is 34.1 Å². The largest absolute Gasteiger partial charge is 0.292 e. The Kier molecular flexibility index (Phi) is 4.07. The number of benzene rings is 4. The van der Waals surface area contributed by atoms with Gasteiger partial charge in [-0.1, -0.05) is 94.2 Å². The normalized spacial score (nSPS) is 17.4. The van der Waals surface area contributed by atoms with E-state index in [1.807, 2.05) is 72.8 Å². The summed E-state index contributed by atoms with van der Waals surface area (Å²) in [5.74, 6) is -0.304. The highest BCUT2D eigenvalue weighted by atomic mass is 79.9. The van der Waals surface area contributed by atoms with Gasteiger partial charge in [0.1, 0.15) is 5.41 Å². The molecule has 4 aromatic carbocycles. The molecular formula is C28H18Br2O2. The lowest BCUT2D eigenvalue weighted by molar-refractivity contribution is 0.0786. The highest BCUT2D eigenvalue weighted by Crippen LogP contribution is 2.55. The Balaban J connectivity index is 1.84. The molecule has 4 heteroatoms. The summed E-state index contributed by atoms with van der Waals surface area (Å²) < 4.78 is 1.70. The van der Waals surface area contributed by atoms with Crippen molar-refractivity contribution in [3.8, 4) is 0 Å². The highest BCUT2D eigenvalue weighted by molar-refractivity contribution is 9.10. The highest BCUT2D eigenvalue weighted by Gasteiger charge is 2.58. The fourth-order valence-electron chi connectivity index (χ4n) is 5.75. The predicted molar refractivity (Wildman–Crippen MR) is 134 cm³/mol. The van der Waals surface area contributed by atoms with Crippen LogP contribution in [0.3, 0.4) is 0 Å². The van der Waals surface area contributed by atoms with Gasteiger partial charge in [-0.15, -0.1) is 0 Å². The van der Waals surface area contributed by atoms with E-state index in [9.17, 15) is 9.59 Å². The van der Waals surface area contributed by atoms with Gasteiger partial charge in [-0.25, -0.2) is 0 Å². The summed E-state index contributed by atoms with van der Waals surface area (Å²) in [6, 6.07) is 23.4. The Morgan fingerprint density at radius 2 is 1.09 bits per heavy atom. The van der Waals surface area contributed by atoms with Crippen molar-refractivity contribution in [2.45, 2.75) is 24.7 Å². The van der Waals surface area contributed by atoms with Crippen LogP contribution in [0.4, 0.5) is 0 Å². The lowest BCUT2D eigenvalue weighted by Crippen LogP contribution is -2.52. The van der Waals surface area contributed by atoms with Crippen LogP contribution in [0.15, 0.2) is 81.7 Å². The number of halogens is 2. The van der Waals surface area contributed by atoms with Crippen LogP contribution in [0.1, 0.15) is 56.8 Å². The maximum Gasteiger partial charge on any atom is 0.186 e. The number of rotatable bonds is 0. The molecule has 0 atom stereocenters. The van der Waals surface area contributed by atoms with E-state index in [1.54, 1.807) is 0 Å². The van der Waals surface area contributed by atoms with Crippen molar-refractivity contribution in [3.05, 3.63) is 115 Å². The number of carbonyl (C=O) groups excluding carboxylic acids is 2. The van der Waals surface area contributed by atoms with Gasteiger partial charge < -0.3 is 0 Å². The molecule has 0 saturated carbocycles. The molecule has 0 bridgehead atoms. The summed E-state index contributed by atoms with van der Waals surface area (Å²) in [5.41, 5.74) is 2.97. The van der Waals surface area contributed by atoms with Crippen molar-refractivity contribution >= 4 is 54.2 Å². The minimum atomic E-state index is -1.42. The first-order chi connectivity index (χ1) is 15.3. The van der Waals surface area contributed by atoms with Gasteiger partial charge in [-0.05, 0) is 51.9 Å². The zero-order valence-electron chi connectivity index (χ0n) is 17.5. The first-order valence-corrected chi connectivity index (χ1v) is 12.1. The molecule has 0 unspecified atom stereocenters. The maximum atomic E-state index is 14.5. The van der Waals surface area contributed by atoms with Gasteiger partial charge in [0.15, 0.2) is 11.6 Å². The quantitative estimate of drug-likeness (QED) is 0.216. The molecular weight excluding hydrogens is 528 g/mol. The average Bonchev–Trinajstić information content (AvgIpc) is 2.77. The van der Waals surface area contributed by atoms with Gasteiger partial charge in [0.2, 0.25) is 0 Å². The third kappa shape index (κ3) is 2.29. The predicted octanol–water partition coefficient (Wildman–Crippen LogP) is 7.37. The second-order valence-corrected chi connectivity index (χ2v) is 11.0. The molecule has 6 rings (SSSR count). The number of hydrogen-bond acceptors (Lipinski definition) is 2. The molecule has 1 spiro atoms. The Labute approximate surface area is 202 Å². The van der Waals surface area contributed by atoms with Crippen molar-refractivity contribution in [1.29, 1.82) is 0 Å². The lowest BCUT2D eigenvalue weighted by atomic mass is 9.53. The number of carbonyl (C=O) groups is 2. The van der Waals surface area contributed by atoms with E-state index >= 15 is 0 Å². The first kappa shape index (κ1) is 20.1. The van der Waals surface area contributed by atoms with Crippen LogP contribution < -0.4 is 0 Å². The average molecular weight is 546 g/mol. The SMILES string of the molecule is CC1(C)c2ccc(Br)cc2C2(C(=O)c3cccc4cccc(c34)C2=O)c2cc(Br)ccc21. The van der Waals surface area contributed by atoms with E-state index in [0.29, 0.717) is 11.1 Å². The maximum absolute atomic E-state index is 14.5. The first-order valence-electron chi connectivity index (χ1n) is 10.5. The molecule has 0 aliphatic heterocycles. The second kappa shape index (κ2) is 6.49. The standard InChI is InChI=1S/C28H18Br2O2/c1-27(2)20-11-9-16(29)13-22(20)28(23-14-17(30)10-12-21(23)27)25(31)18-7-3-5-15-6-4-8-19(24(15)18)26(28)32/h3-14H,1-2H3. The van der Waals surface area contributed by atoms with Crippen LogP contribution in [0.2, 0.25) is 0 Å². The molecule has 0 heterocycles. The van der Waals surface area contributed by atoms with Gasteiger partial charge in [0, 0.05) is 30.9 Å². The lowest BCUT2D eigenvalue weighted by Gasteiger charge is -2.47. The summed E-state index contributed by atoms with van der Waals surface area (Å²) in [7, 11) is 0. The van der Waals surface area contributed by atoms with E-state index in [1.165, 1.54) is 0 Å².